The molecule has 0 bridgehead atoms. The molecule has 1 aliphatic heterocycles. The maximum atomic E-state index is 10.4. The number of likely N-dealkylation sites (tertiary alicyclic amines) is 1. The molecular weight excluding hydrogens is 188 g/mol. The van der Waals surface area contributed by atoms with Gasteiger partial charge in [0, 0.05) is 13.1 Å². The van der Waals surface area contributed by atoms with E-state index in [1.165, 1.54) is 12.8 Å². The van der Waals surface area contributed by atoms with E-state index in [0.29, 0.717) is 12.5 Å². The van der Waals surface area contributed by atoms with Crippen LogP contribution in [0.1, 0.15) is 32.6 Å². The van der Waals surface area contributed by atoms with Crippen molar-refractivity contribution in [2.75, 3.05) is 26.2 Å². The molecule has 0 aromatic carbocycles. The Bertz CT molecular complexity index is 210. The number of aliphatic hydroxyl groups is 1. The predicted molar refractivity (Wildman–Crippen MR) is 61.6 cm³/mol. The molecule has 88 valence electrons. The summed E-state index contributed by atoms with van der Waals surface area (Å²) < 4.78 is 0. The Hall–Kier alpha value is -0.120. The first-order valence-electron chi connectivity index (χ1n) is 6.29. The fraction of sp³-hybridized carbons (Fsp3) is 1.00. The van der Waals surface area contributed by atoms with E-state index in [1.807, 2.05) is 0 Å². The van der Waals surface area contributed by atoms with Gasteiger partial charge in [-0.1, -0.05) is 6.92 Å². The van der Waals surface area contributed by atoms with Crippen molar-refractivity contribution in [3.8, 4) is 0 Å². The van der Waals surface area contributed by atoms with Crippen molar-refractivity contribution in [1.82, 2.24) is 4.90 Å². The number of piperidine rings is 1. The summed E-state index contributed by atoms with van der Waals surface area (Å²) in [5.41, 5.74) is 5.12. The summed E-state index contributed by atoms with van der Waals surface area (Å²) in [6.45, 7) is 5.80. The molecule has 0 aromatic heterocycles. The summed E-state index contributed by atoms with van der Waals surface area (Å²) in [5, 5.41) is 10.4. The molecule has 15 heavy (non-hydrogen) atoms. The van der Waals surface area contributed by atoms with Crippen LogP contribution in [0.2, 0.25) is 0 Å². The van der Waals surface area contributed by atoms with Crippen LogP contribution in [0.3, 0.4) is 0 Å². The van der Waals surface area contributed by atoms with Crippen LogP contribution in [0.5, 0.6) is 0 Å². The highest BCUT2D eigenvalue weighted by atomic mass is 16.3. The molecular formula is C12H24N2O. The second-order valence-electron chi connectivity index (χ2n) is 5.54. The molecule has 3 heteroatoms. The molecule has 2 aliphatic rings. The van der Waals surface area contributed by atoms with Crippen LogP contribution in [-0.4, -0.2) is 41.8 Å². The van der Waals surface area contributed by atoms with Gasteiger partial charge in [-0.3, -0.25) is 0 Å². The molecule has 1 heterocycles. The number of β-amino-alcohol motifs (C(OH)–C–C–N with tert-alkyl or cyclic N) is 1. The van der Waals surface area contributed by atoms with Gasteiger partial charge < -0.3 is 15.7 Å². The molecule has 3 N–H and O–H groups in total. The Morgan fingerprint density at radius 2 is 1.87 bits per heavy atom. The van der Waals surface area contributed by atoms with Crippen LogP contribution >= 0.6 is 0 Å². The van der Waals surface area contributed by atoms with Gasteiger partial charge in [0.05, 0.1) is 5.60 Å². The van der Waals surface area contributed by atoms with Crippen LogP contribution in [0.15, 0.2) is 0 Å². The minimum atomic E-state index is -0.597. The molecule has 0 aromatic rings. The smallest absolute Gasteiger partial charge is 0.0923 e. The minimum absolute atomic E-state index is 0.420. The summed E-state index contributed by atoms with van der Waals surface area (Å²) in [6, 6.07) is 0. The molecule has 0 radical (unpaired) electrons. The second-order valence-corrected chi connectivity index (χ2v) is 5.54. The molecule has 1 saturated heterocycles. The number of hydrogen-bond acceptors (Lipinski definition) is 3. The Labute approximate surface area is 92.6 Å². The average molecular weight is 212 g/mol. The molecule has 0 amide bonds. The molecule has 1 unspecified atom stereocenters. The first kappa shape index (κ1) is 11.4. The van der Waals surface area contributed by atoms with E-state index in [2.05, 4.69) is 11.8 Å². The molecule has 1 atom stereocenters. The average Bonchev–Trinajstić information content (AvgIpc) is 3.05. The summed E-state index contributed by atoms with van der Waals surface area (Å²) in [4.78, 5) is 2.39. The van der Waals surface area contributed by atoms with E-state index in [1.54, 1.807) is 0 Å². The van der Waals surface area contributed by atoms with Crippen molar-refractivity contribution in [2.45, 2.75) is 38.2 Å². The fourth-order valence-electron chi connectivity index (χ4n) is 2.59. The molecule has 3 nitrogen and oxygen atoms in total. The van der Waals surface area contributed by atoms with Gasteiger partial charge in [0.25, 0.3) is 0 Å². The zero-order valence-electron chi connectivity index (χ0n) is 9.78. The lowest BCUT2D eigenvalue weighted by atomic mass is 9.94. The fourth-order valence-corrected chi connectivity index (χ4v) is 2.59. The van der Waals surface area contributed by atoms with Gasteiger partial charge in [0.15, 0.2) is 0 Å². The number of hydrogen-bond donors (Lipinski definition) is 2. The number of rotatable bonds is 4. The van der Waals surface area contributed by atoms with Gasteiger partial charge in [0.2, 0.25) is 0 Å². The van der Waals surface area contributed by atoms with Crippen LogP contribution in [0.4, 0.5) is 0 Å². The summed E-state index contributed by atoms with van der Waals surface area (Å²) >= 11 is 0. The van der Waals surface area contributed by atoms with Crippen LogP contribution in [-0.2, 0) is 0 Å². The second kappa shape index (κ2) is 4.40. The number of nitrogens with two attached hydrogens (primary N) is 1. The van der Waals surface area contributed by atoms with Gasteiger partial charge >= 0.3 is 0 Å². The third kappa shape index (κ3) is 2.71. The minimum Gasteiger partial charge on any atom is -0.387 e. The standard InChI is InChI=1S/C12H24N2O/c1-10-4-6-14(7-5-10)9-12(15,8-13)11-2-3-11/h10-11,15H,2-9,13H2,1H3. The van der Waals surface area contributed by atoms with E-state index >= 15 is 0 Å². The van der Waals surface area contributed by atoms with Crippen molar-refractivity contribution in [2.24, 2.45) is 17.6 Å². The van der Waals surface area contributed by atoms with Gasteiger partial charge in [0.1, 0.15) is 0 Å². The van der Waals surface area contributed by atoms with E-state index in [4.69, 9.17) is 5.73 Å². The largest absolute Gasteiger partial charge is 0.387 e. The molecule has 1 aliphatic carbocycles. The third-order valence-electron chi connectivity index (χ3n) is 4.06. The Morgan fingerprint density at radius 1 is 1.27 bits per heavy atom. The van der Waals surface area contributed by atoms with Crippen molar-refractivity contribution in [1.29, 1.82) is 0 Å². The lowest BCUT2D eigenvalue weighted by Gasteiger charge is -2.37. The maximum absolute atomic E-state index is 10.4. The van der Waals surface area contributed by atoms with Gasteiger partial charge in [-0.05, 0) is 50.6 Å². The Balaban J connectivity index is 1.84. The van der Waals surface area contributed by atoms with Crippen molar-refractivity contribution in [3.63, 3.8) is 0 Å². The molecule has 0 spiro atoms. The lowest BCUT2D eigenvalue weighted by molar-refractivity contribution is -0.0154. The lowest BCUT2D eigenvalue weighted by Crippen LogP contribution is -2.51. The number of nitrogens with zero attached hydrogens (tertiary/aromatic N) is 1. The summed E-state index contributed by atoms with van der Waals surface area (Å²) in [6.07, 6.45) is 4.87. The highest BCUT2D eigenvalue weighted by molar-refractivity contribution is 4.97. The van der Waals surface area contributed by atoms with E-state index in [0.717, 1.165) is 38.4 Å². The van der Waals surface area contributed by atoms with Crippen molar-refractivity contribution >= 4 is 0 Å². The monoisotopic (exact) mass is 212 g/mol. The predicted octanol–water partition coefficient (Wildman–Crippen LogP) is 0.818. The zero-order valence-corrected chi connectivity index (χ0v) is 9.78. The van der Waals surface area contributed by atoms with Crippen molar-refractivity contribution < 1.29 is 5.11 Å². The third-order valence-corrected chi connectivity index (χ3v) is 4.06. The van der Waals surface area contributed by atoms with Crippen LogP contribution in [0, 0.1) is 11.8 Å². The highest BCUT2D eigenvalue weighted by Gasteiger charge is 2.43. The molecule has 1 saturated carbocycles. The van der Waals surface area contributed by atoms with E-state index < -0.39 is 5.60 Å². The zero-order chi connectivity index (χ0) is 10.9. The van der Waals surface area contributed by atoms with Crippen molar-refractivity contribution in [3.05, 3.63) is 0 Å². The first-order valence-corrected chi connectivity index (χ1v) is 6.29. The maximum Gasteiger partial charge on any atom is 0.0923 e. The van der Waals surface area contributed by atoms with E-state index in [9.17, 15) is 5.11 Å². The van der Waals surface area contributed by atoms with Gasteiger partial charge in [-0.15, -0.1) is 0 Å². The Morgan fingerprint density at radius 3 is 2.33 bits per heavy atom. The van der Waals surface area contributed by atoms with Crippen LogP contribution in [0.25, 0.3) is 0 Å². The van der Waals surface area contributed by atoms with Crippen LogP contribution < -0.4 is 5.73 Å². The SMILES string of the molecule is CC1CCN(CC(O)(CN)C2CC2)CC1. The molecule has 2 rings (SSSR count). The summed E-state index contributed by atoms with van der Waals surface area (Å²) in [5.74, 6) is 1.33. The normalized spacial score (nSPS) is 29.0. The molecule has 2 fully saturated rings. The summed E-state index contributed by atoms with van der Waals surface area (Å²) in [7, 11) is 0. The topological polar surface area (TPSA) is 49.5 Å². The van der Waals surface area contributed by atoms with Gasteiger partial charge in [-0.25, -0.2) is 0 Å². The Kier molecular flexibility index (Phi) is 3.33. The first-order chi connectivity index (χ1) is 7.14. The van der Waals surface area contributed by atoms with Gasteiger partial charge in [-0.2, -0.15) is 0 Å². The quantitative estimate of drug-likeness (QED) is 0.725. The highest BCUT2D eigenvalue weighted by Crippen LogP contribution is 2.39. The van der Waals surface area contributed by atoms with E-state index in [-0.39, 0.29) is 0 Å².